The van der Waals surface area contributed by atoms with E-state index in [1.165, 1.54) is 12.8 Å². The van der Waals surface area contributed by atoms with Crippen LogP contribution in [0.5, 0.6) is 0 Å². The SMILES string of the molecule is CN1CCN(C(=O)c2cc(Br)cn2C2CC2)CC1(C)C. The number of hydrogen-bond acceptors (Lipinski definition) is 2. The number of aromatic nitrogens is 1. The number of hydrogen-bond donors (Lipinski definition) is 0. The van der Waals surface area contributed by atoms with Crippen molar-refractivity contribution in [2.45, 2.75) is 38.3 Å². The van der Waals surface area contributed by atoms with Crippen molar-refractivity contribution in [1.82, 2.24) is 14.4 Å². The number of carbonyl (C=O) groups is 1. The fourth-order valence-electron chi connectivity index (χ4n) is 2.85. The molecule has 1 aromatic rings. The third-order valence-electron chi connectivity index (χ3n) is 4.58. The Bertz CT molecular complexity index is 533. The molecule has 2 heterocycles. The average molecular weight is 340 g/mol. The Labute approximate surface area is 128 Å². The van der Waals surface area contributed by atoms with Gasteiger partial charge in [0.15, 0.2) is 0 Å². The normalized spacial score (nSPS) is 23.1. The highest BCUT2D eigenvalue weighted by molar-refractivity contribution is 9.10. The van der Waals surface area contributed by atoms with Gasteiger partial charge in [-0.05, 0) is 55.7 Å². The smallest absolute Gasteiger partial charge is 0.270 e. The predicted molar refractivity (Wildman–Crippen MR) is 83.0 cm³/mol. The maximum absolute atomic E-state index is 12.8. The predicted octanol–water partition coefficient (Wildman–Crippen LogP) is 2.75. The van der Waals surface area contributed by atoms with Gasteiger partial charge in [0, 0.05) is 41.9 Å². The van der Waals surface area contributed by atoms with Crippen molar-refractivity contribution in [2.75, 3.05) is 26.7 Å². The van der Waals surface area contributed by atoms with Crippen molar-refractivity contribution < 1.29 is 4.79 Å². The Morgan fingerprint density at radius 2 is 2.05 bits per heavy atom. The van der Waals surface area contributed by atoms with Gasteiger partial charge in [-0.15, -0.1) is 0 Å². The molecule has 0 radical (unpaired) electrons. The van der Waals surface area contributed by atoms with Crippen molar-refractivity contribution in [3.8, 4) is 0 Å². The number of piperazine rings is 1. The van der Waals surface area contributed by atoms with Gasteiger partial charge in [0.25, 0.3) is 5.91 Å². The summed E-state index contributed by atoms with van der Waals surface area (Å²) >= 11 is 3.50. The number of rotatable bonds is 2. The van der Waals surface area contributed by atoms with E-state index in [1.807, 2.05) is 17.2 Å². The van der Waals surface area contributed by atoms with Gasteiger partial charge in [0.1, 0.15) is 5.69 Å². The van der Waals surface area contributed by atoms with Crippen LogP contribution < -0.4 is 0 Å². The molecule has 0 unspecified atom stereocenters. The van der Waals surface area contributed by atoms with Crippen LogP contribution in [0.3, 0.4) is 0 Å². The Balaban J connectivity index is 1.82. The third kappa shape index (κ3) is 2.53. The summed E-state index contributed by atoms with van der Waals surface area (Å²) in [6.07, 6.45) is 4.43. The maximum Gasteiger partial charge on any atom is 0.270 e. The molecule has 3 rings (SSSR count). The first-order valence-electron chi connectivity index (χ1n) is 7.26. The van der Waals surface area contributed by atoms with Crippen molar-refractivity contribution in [2.24, 2.45) is 0 Å². The van der Waals surface area contributed by atoms with E-state index in [1.54, 1.807) is 0 Å². The monoisotopic (exact) mass is 339 g/mol. The zero-order valence-corrected chi connectivity index (χ0v) is 14.0. The average Bonchev–Trinajstić information content (AvgIpc) is 3.15. The van der Waals surface area contributed by atoms with Crippen LogP contribution in [0.25, 0.3) is 0 Å². The van der Waals surface area contributed by atoms with Crippen LogP contribution in [-0.2, 0) is 0 Å². The lowest BCUT2D eigenvalue weighted by molar-refractivity contribution is 0.0304. The molecule has 0 aromatic carbocycles. The fraction of sp³-hybridized carbons (Fsp3) is 0.667. The molecule has 2 fully saturated rings. The highest BCUT2D eigenvalue weighted by Crippen LogP contribution is 2.38. The van der Waals surface area contributed by atoms with E-state index in [0.29, 0.717) is 6.04 Å². The third-order valence-corrected chi connectivity index (χ3v) is 5.01. The summed E-state index contributed by atoms with van der Waals surface area (Å²) in [6, 6.07) is 2.49. The van der Waals surface area contributed by atoms with Crippen molar-refractivity contribution in [3.05, 3.63) is 22.4 Å². The van der Waals surface area contributed by atoms with Gasteiger partial charge in [-0.2, -0.15) is 0 Å². The number of nitrogens with zero attached hydrogens (tertiary/aromatic N) is 3. The van der Waals surface area contributed by atoms with Crippen LogP contribution in [-0.4, -0.2) is 52.5 Å². The minimum atomic E-state index is 0.0438. The van der Waals surface area contributed by atoms with Gasteiger partial charge < -0.3 is 9.47 Å². The Hall–Kier alpha value is -0.810. The molecule has 5 heteroatoms. The topological polar surface area (TPSA) is 28.5 Å². The second kappa shape index (κ2) is 4.88. The molecule has 0 bridgehead atoms. The van der Waals surface area contributed by atoms with E-state index in [-0.39, 0.29) is 11.4 Å². The lowest BCUT2D eigenvalue weighted by Gasteiger charge is -2.45. The van der Waals surface area contributed by atoms with Gasteiger partial charge in [-0.1, -0.05) is 0 Å². The van der Waals surface area contributed by atoms with Crippen LogP contribution >= 0.6 is 15.9 Å². The molecule has 1 aliphatic heterocycles. The molecule has 110 valence electrons. The number of amides is 1. The summed E-state index contributed by atoms with van der Waals surface area (Å²) in [5.74, 6) is 0.170. The summed E-state index contributed by atoms with van der Waals surface area (Å²) in [6.45, 7) is 6.93. The molecule has 0 atom stereocenters. The highest BCUT2D eigenvalue weighted by atomic mass is 79.9. The summed E-state index contributed by atoms with van der Waals surface area (Å²) in [5, 5.41) is 0. The molecule has 0 N–H and O–H groups in total. The van der Waals surface area contributed by atoms with Gasteiger partial charge in [-0.3, -0.25) is 9.69 Å². The lowest BCUT2D eigenvalue weighted by atomic mass is 9.99. The molecule has 4 nitrogen and oxygen atoms in total. The second-order valence-corrected chi connectivity index (χ2v) is 7.56. The Kier molecular flexibility index (Phi) is 3.45. The molecule has 1 saturated carbocycles. The van der Waals surface area contributed by atoms with E-state index in [2.05, 4.69) is 46.3 Å². The van der Waals surface area contributed by atoms with Gasteiger partial charge in [0.2, 0.25) is 0 Å². The zero-order valence-electron chi connectivity index (χ0n) is 12.4. The molecule has 2 aliphatic rings. The van der Waals surface area contributed by atoms with Crippen molar-refractivity contribution in [3.63, 3.8) is 0 Å². The van der Waals surface area contributed by atoms with Gasteiger partial charge in [-0.25, -0.2) is 0 Å². The van der Waals surface area contributed by atoms with Crippen LogP contribution in [0.1, 0.15) is 43.2 Å². The van der Waals surface area contributed by atoms with Crippen LogP contribution in [0.2, 0.25) is 0 Å². The quantitative estimate of drug-likeness (QED) is 0.828. The van der Waals surface area contributed by atoms with E-state index in [4.69, 9.17) is 0 Å². The van der Waals surface area contributed by atoms with Gasteiger partial charge >= 0.3 is 0 Å². The molecular formula is C15H22BrN3O. The van der Waals surface area contributed by atoms with Crippen molar-refractivity contribution >= 4 is 21.8 Å². The number of likely N-dealkylation sites (N-methyl/N-ethyl adjacent to an activating group) is 1. The molecule has 20 heavy (non-hydrogen) atoms. The maximum atomic E-state index is 12.8. The minimum Gasteiger partial charge on any atom is -0.339 e. The Morgan fingerprint density at radius 3 is 2.65 bits per heavy atom. The number of carbonyl (C=O) groups excluding carboxylic acids is 1. The summed E-state index contributed by atoms with van der Waals surface area (Å²) in [5.41, 5.74) is 0.877. The zero-order chi connectivity index (χ0) is 14.5. The molecular weight excluding hydrogens is 318 g/mol. The largest absolute Gasteiger partial charge is 0.339 e. The fourth-order valence-corrected chi connectivity index (χ4v) is 3.28. The van der Waals surface area contributed by atoms with Crippen LogP contribution in [0.15, 0.2) is 16.7 Å². The van der Waals surface area contributed by atoms with Crippen LogP contribution in [0.4, 0.5) is 0 Å². The first-order valence-corrected chi connectivity index (χ1v) is 8.06. The molecule has 1 aliphatic carbocycles. The van der Waals surface area contributed by atoms with E-state index >= 15 is 0 Å². The highest BCUT2D eigenvalue weighted by Gasteiger charge is 2.35. The first kappa shape index (κ1) is 14.1. The van der Waals surface area contributed by atoms with E-state index in [0.717, 1.165) is 29.8 Å². The Morgan fingerprint density at radius 1 is 1.35 bits per heavy atom. The molecule has 1 amide bonds. The summed E-state index contributed by atoms with van der Waals surface area (Å²) in [4.78, 5) is 17.2. The second-order valence-electron chi connectivity index (χ2n) is 6.64. The van der Waals surface area contributed by atoms with Crippen LogP contribution in [0, 0.1) is 0 Å². The first-order chi connectivity index (χ1) is 9.38. The standard InChI is InChI=1S/C15H22BrN3O/c1-15(2)10-18(7-6-17(15)3)14(20)13-8-11(16)9-19(13)12-4-5-12/h8-9,12H,4-7,10H2,1-3H3. The van der Waals surface area contributed by atoms with Gasteiger partial charge in [0.05, 0.1) is 0 Å². The lowest BCUT2D eigenvalue weighted by Crippen LogP contribution is -2.59. The van der Waals surface area contributed by atoms with Crippen molar-refractivity contribution in [1.29, 1.82) is 0 Å². The molecule has 0 spiro atoms. The minimum absolute atomic E-state index is 0.0438. The van der Waals surface area contributed by atoms with E-state index < -0.39 is 0 Å². The summed E-state index contributed by atoms with van der Waals surface area (Å²) in [7, 11) is 2.13. The summed E-state index contributed by atoms with van der Waals surface area (Å²) < 4.78 is 3.15. The number of halogens is 1. The van der Waals surface area contributed by atoms with E-state index in [9.17, 15) is 4.79 Å². The molecule has 1 saturated heterocycles. The molecule has 1 aromatic heterocycles.